The molecule has 1 aliphatic rings. The minimum Gasteiger partial charge on any atom is -0.374 e. The molecule has 1 N–H and O–H groups in total. The number of hydrogen-bond acceptors (Lipinski definition) is 4. The van der Waals surface area contributed by atoms with Gasteiger partial charge in [-0.3, -0.25) is 9.88 Å². The third-order valence-electron chi connectivity index (χ3n) is 3.21. The molecule has 1 aromatic rings. The van der Waals surface area contributed by atoms with E-state index in [4.69, 9.17) is 16.3 Å². The maximum Gasteiger partial charge on any atom is 0.0826 e. The molecule has 0 bridgehead atoms. The first-order valence-electron chi connectivity index (χ1n) is 6.42. The number of nitrogens with one attached hydrogen (secondary N) is 1. The van der Waals surface area contributed by atoms with Gasteiger partial charge in [-0.2, -0.15) is 0 Å². The first-order chi connectivity index (χ1) is 8.79. The monoisotopic (exact) mass is 269 g/mol. The first-order valence-corrected chi connectivity index (χ1v) is 6.80. The highest BCUT2D eigenvalue weighted by Gasteiger charge is 2.18. The van der Waals surface area contributed by atoms with Crippen LogP contribution in [-0.4, -0.2) is 48.8 Å². The molecule has 0 amide bonds. The molecule has 1 aliphatic heterocycles. The van der Waals surface area contributed by atoms with Gasteiger partial charge in [0.25, 0.3) is 0 Å². The number of aromatic nitrogens is 1. The minimum atomic E-state index is 0.277. The molecule has 0 spiro atoms. The third-order valence-corrected chi connectivity index (χ3v) is 3.55. The van der Waals surface area contributed by atoms with Crippen molar-refractivity contribution in [1.29, 1.82) is 0 Å². The Balaban J connectivity index is 1.73. The van der Waals surface area contributed by atoms with Gasteiger partial charge in [0.15, 0.2) is 0 Å². The van der Waals surface area contributed by atoms with E-state index in [-0.39, 0.29) is 6.10 Å². The molecule has 0 aliphatic carbocycles. The number of rotatable bonds is 5. The third kappa shape index (κ3) is 3.92. The Morgan fingerprint density at radius 3 is 3.28 bits per heavy atom. The minimum absolute atomic E-state index is 0.277. The molecule has 5 heteroatoms. The van der Waals surface area contributed by atoms with Crippen molar-refractivity contribution >= 4 is 11.6 Å². The number of pyridine rings is 1. The molecule has 0 radical (unpaired) electrons. The van der Waals surface area contributed by atoms with Crippen molar-refractivity contribution in [2.75, 3.05) is 32.8 Å². The lowest BCUT2D eigenvalue weighted by atomic mass is 10.2. The lowest BCUT2D eigenvalue weighted by Crippen LogP contribution is -2.46. The average molecular weight is 270 g/mol. The molecule has 0 saturated carbocycles. The zero-order valence-electron chi connectivity index (χ0n) is 10.7. The number of likely N-dealkylation sites (N-methyl/N-ethyl adjacent to an activating group) is 1. The van der Waals surface area contributed by atoms with E-state index in [1.165, 1.54) is 0 Å². The topological polar surface area (TPSA) is 37.4 Å². The molecule has 4 nitrogen and oxygen atoms in total. The van der Waals surface area contributed by atoms with Crippen molar-refractivity contribution in [3.8, 4) is 0 Å². The predicted molar refractivity (Wildman–Crippen MR) is 72.8 cm³/mol. The number of halogens is 1. The fourth-order valence-electron chi connectivity index (χ4n) is 2.11. The summed E-state index contributed by atoms with van der Waals surface area (Å²) in [5.74, 6) is 0. The van der Waals surface area contributed by atoms with Crippen LogP contribution in [0.5, 0.6) is 0 Å². The van der Waals surface area contributed by atoms with E-state index in [1.54, 1.807) is 12.4 Å². The van der Waals surface area contributed by atoms with Crippen LogP contribution in [0.3, 0.4) is 0 Å². The van der Waals surface area contributed by atoms with Gasteiger partial charge in [-0.25, -0.2) is 0 Å². The highest BCUT2D eigenvalue weighted by molar-refractivity contribution is 6.31. The summed E-state index contributed by atoms with van der Waals surface area (Å²) in [6, 6.07) is 1.94. The van der Waals surface area contributed by atoms with E-state index in [0.717, 1.165) is 44.9 Å². The fourth-order valence-corrected chi connectivity index (χ4v) is 2.29. The van der Waals surface area contributed by atoms with Crippen LogP contribution < -0.4 is 5.32 Å². The first kappa shape index (κ1) is 13.7. The van der Waals surface area contributed by atoms with Gasteiger partial charge in [0.1, 0.15) is 0 Å². The highest BCUT2D eigenvalue weighted by atomic mass is 35.5. The molecule has 100 valence electrons. The molecular weight excluding hydrogens is 250 g/mol. The van der Waals surface area contributed by atoms with Crippen LogP contribution in [0.25, 0.3) is 0 Å². The van der Waals surface area contributed by atoms with Crippen LogP contribution in [0.1, 0.15) is 12.5 Å². The largest absolute Gasteiger partial charge is 0.374 e. The second-order valence-corrected chi connectivity index (χ2v) is 4.89. The molecule has 18 heavy (non-hydrogen) atoms. The number of ether oxygens (including phenoxy) is 1. The Morgan fingerprint density at radius 2 is 2.50 bits per heavy atom. The zero-order valence-corrected chi connectivity index (χ0v) is 11.5. The molecule has 2 heterocycles. The molecular formula is C13H20ClN3O. The number of nitrogens with zero attached hydrogens (tertiary/aromatic N) is 2. The standard InChI is InChI=1S/C13H20ClN3O/c1-2-17-5-6-18-12(10-17)8-16-7-11-3-4-15-9-13(11)14/h3-4,9,12,16H,2,5-8,10H2,1H3. The summed E-state index contributed by atoms with van der Waals surface area (Å²) in [5.41, 5.74) is 1.08. The van der Waals surface area contributed by atoms with Gasteiger partial charge in [0.2, 0.25) is 0 Å². The van der Waals surface area contributed by atoms with Crippen LogP contribution >= 0.6 is 11.6 Å². The lowest BCUT2D eigenvalue weighted by Gasteiger charge is -2.32. The van der Waals surface area contributed by atoms with E-state index in [1.807, 2.05) is 6.07 Å². The maximum absolute atomic E-state index is 6.05. The SMILES string of the molecule is CCN1CCOC(CNCc2ccncc2Cl)C1. The normalized spacial score (nSPS) is 21.1. The summed E-state index contributed by atoms with van der Waals surface area (Å²) < 4.78 is 5.73. The summed E-state index contributed by atoms with van der Waals surface area (Å²) in [6.07, 6.45) is 3.71. The van der Waals surface area contributed by atoms with Crippen molar-refractivity contribution < 1.29 is 4.74 Å². The van der Waals surface area contributed by atoms with Crippen molar-refractivity contribution in [2.45, 2.75) is 19.6 Å². The fraction of sp³-hybridized carbons (Fsp3) is 0.615. The molecule has 1 saturated heterocycles. The lowest BCUT2D eigenvalue weighted by molar-refractivity contribution is -0.0253. The van der Waals surface area contributed by atoms with Gasteiger partial charge in [-0.1, -0.05) is 18.5 Å². The summed E-state index contributed by atoms with van der Waals surface area (Å²) in [6.45, 7) is 7.78. The van der Waals surface area contributed by atoms with Crippen molar-refractivity contribution in [2.24, 2.45) is 0 Å². The van der Waals surface area contributed by atoms with Crippen molar-refractivity contribution in [1.82, 2.24) is 15.2 Å². The van der Waals surface area contributed by atoms with Gasteiger partial charge in [0.05, 0.1) is 17.7 Å². The van der Waals surface area contributed by atoms with Gasteiger partial charge in [-0.05, 0) is 18.2 Å². The maximum atomic E-state index is 6.05. The number of hydrogen-bond donors (Lipinski definition) is 1. The summed E-state index contributed by atoms with van der Waals surface area (Å²) in [7, 11) is 0. The molecule has 1 unspecified atom stereocenters. The van der Waals surface area contributed by atoms with E-state index in [9.17, 15) is 0 Å². The van der Waals surface area contributed by atoms with Gasteiger partial charge in [0, 0.05) is 38.6 Å². The van der Waals surface area contributed by atoms with Crippen LogP contribution in [0.15, 0.2) is 18.5 Å². The highest BCUT2D eigenvalue weighted by Crippen LogP contribution is 2.12. The van der Waals surface area contributed by atoms with E-state index in [2.05, 4.69) is 22.1 Å². The quantitative estimate of drug-likeness (QED) is 0.880. The van der Waals surface area contributed by atoms with Crippen molar-refractivity contribution in [3.63, 3.8) is 0 Å². The Kier molecular flexibility index (Phi) is 5.38. The molecule has 1 aromatic heterocycles. The second-order valence-electron chi connectivity index (χ2n) is 4.48. The van der Waals surface area contributed by atoms with Crippen LogP contribution in [0, 0.1) is 0 Å². The predicted octanol–water partition coefficient (Wildman–Crippen LogP) is 1.55. The van der Waals surface area contributed by atoms with Gasteiger partial charge in [-0.15, -0.1) is 0 Å². The van der Waals surface area contributed by atoms with Crippen molar-refractivity contribution in [3.05, 3.63) is 29.0 Å². The molecule has 1 atom stereocenters. The second kappa shape index (κ2) is 7.04. The summed E-state index contributed by atoms with van der Waals surface area (Å²) >= 11 is 6.05. The van der Waals surface area contributed by atoms with E-state index >= 15 is 0 Å². The summed E-state index contributed by atoms with van der Waals surface area (Å²) in [5, 5.41) is 4.11. The van der Waals surface area contributed by atoms with Gasteiger partial charge >= 0.3 is 0 Å². The Hall–Kier alpha value is -0.680. The van der Waals surface area contributed by atoms with Crippen LogP contribution in [-0.2, 0) is 11.3 Å². The Morgan fingerprint density at radius 1 is 1.61 bits per heavy atom. The smallest absolute Gasteiger partial charge is 0.0826 e. The molecule has 2 rings (SSSR count). The average Bonchev–Trinajstić information content (AvgIpc) is 2.41. The van der Waals surface area contributed by atoms with E-state index < -0.39 is 0 Å². The Labute approximate surface area is 113 Å². The molecule has 0 aromatic carbocycles. The van der Waals surface area contributed by atoms with Crippen LogP contribution in [0.4, 0.5) is 0 Å². The number of morpholine rings is 1. The summed E-state index contributed by atoms with van der Waals surface area (Å²) in [4.78, 5) is 6.38. The van der Waals surface area contributed by atoms with Gasteiger partial charge < -0.3 is 10.1 Å². The molecule has 1 fully saturated rings. The van der Waals surface area contributed by atoms with Crippen LogP contribution in [0.2, 0.25) is 5.02 Å². The zero-order chi connectivity index (χ0) is 12.8. The van der Waals surface area contributed by atoms with E-state index in [0.29, 0.717) is 5.02 Å². The Bertz CT molecular complexity index is 375.